The van der Waals surface area contributed by atoms with E-state index in [1.54, 1.807) is 18.4 Å². The maximum atomic E-state index is 10.8. The molecule has 1 heterocycles. The zero-order chi connectivity index (χ0) is 12.8. The Labute approximate surface area is 106 Å². The van der Waals surface area contributed by atoms with Crippen molar-refractivity contribution in [2.45, 2.75) is 19.9 Å². The molecule has 0 radical (unpaired) electrons. The molecule has 5 heteroatoms. The van der Waals surface area contributed by atoms with E-state index in [9.17, 15) is 4.79 Å². The molecule has 1 aromatic heterocycles. The van der Waals surface area contributed by atoms with Crippen LogP contribution in [0.3, 0.4) is 0 Å². The summed E-state index contributed by atoms with van der Waals surface area (Å²) in [4.78, 5) is 15.2. The molecule has 96 valence electrons. The van der Waals surface area contributed by atoms with Gasteiger partial charge in [-0.2, -0.15) is 0 Å². The Balaban J connectivity index is 2.70. The van der Waals surface area contributed by atoms with Crippen molar-refractivity contribution < 1.29 is 14.6 Å². The van der Waals surface area contributed by atoms with Crippen molar-refractivity contribution in [3.63, 3.8) is 0 Å². The number of carboxylic acid groups (broad SMARTS) is 1. The van der Waals surface area contributed by atoms with Crippen LogP contribution in [0.25, 0.3) is 0 Å². The van der Waals surface area contributed by atoms with E-state index in [-0.39, 0.29) is 12.6 Å². The molecule has 17 heavy (non-hydrogen) atoms. The number of rotatable bonds is 7. The summed E-state index contributed by atoms with van der Waals surface area (Å²) in [6.07, 6.45) is 0. The first-order chi connectivity index (χ1) is 8.04. The molecule has 0 bridgehead atoms. The zero-order valence-electron chi connectivity index (χ0n) is 10.5. The molecule has 0 aliphatic carbocycles. The summed E-state index contributed by atoms with van der Waals surface area (Å²) < 4.78 is 5.01. The van der Waals surface area contributed by atoms with Gasteiger partial charge in [0.1, 0.15) is 0 Å². The molecule has 0 aromatic carbocycles. The van der Waals surface area contributed by atoms with Crippen LogP contribution < -0.4 is 0 Å². The fourth-order valence-corrected chi connectivity index (χ4v) is 2.61. The van der Waals surface area contributed by atoms with Crippen LogP contribution in [-0.4, -0.2) is 42.8 Å². The molecule has 1 aromatic rings. The summed E-state index contributed by atoms with van der Waals surface area (Å²) in [5.74, 6) is -0.804. The minimum atomic E-state index is -0.804. The number of hydrogen-bond acceptors (Lipinski definition) is 4. The molecule has 0 aliphatic heterocycles. The zero-order valence-corrected chi connectivity index (χ0v) is 11.3. The van der Waals surface area contributed by atoms with Gasteiger partial charge in [-0.3, -0.25) is 9.69 Å². The number of methoxy groups -OCH3 is 1. The van der Waals surface area contributed by atoms with Gasteiger partial charge in [-0.15, -0.1) is 11.3 Å². The number of hydrogen-bond donors (Lipinski definition) is 1. The predicted molar refractivity (Wildman–Crippen MR) is 68.6 cm³/mol. The van der Waals surface area contributed by atoms with E-state index in [4.69, 9.17) is 9.84 Å². The Hall–Kier alpha value is -0.910. The Morgan fingerprint density at radius 3 is 2.76 bits per heavy atom. The molecular weight excluding hydrogens is 238 g/mol. The fourth-order valence-electron chi connectivity index (χ4n) is 1.65. The molecule has 1 rings (SSSR count). The SMILES string of the molecule is COCCN(CC(=O)O)C(C)c1ccc(C)s1. The number of aryl methyl sites for hydroxylation is 1. The number of aliphatic carboxylic acids is 1. The van der Waals surface area contributed by atoms with E-state index in [0.717, 1.165) is 0 Å². The van der Waals surface area contributed by atoms with Crippen LogP contribution in [0.2, 0.25) is 0 Å². The van der Waals surface area contributed by atoms with Crippen LogP contribution in [0.5, 0.6) is 0 Å². The van der Waals surface area contributed by atoms with Crippen LogP contribution >= 0.6 is 11.3 Å². The van der Waals surface area contributed by atoms with Crippen LogP contribution in [0.4, 0.5) is 0 Å². The number of carbonyl (C=O) groups is 1. The largest absolute Gasteiger partial charge is 0.480 e. The number of carboxylic acids is 1. The second-order valence-electron chi connectivity index (χ2n) is 3.98. The lowest BCUT2D eigenvalue weighted by Gasteiger charge is -2.26. The first-order valence-corrected chi connectivity index (χ1v) is 6.37. The maximum Gasteiger partial charge on any atom is 0.317 e. The Kier molecular flexibility index (Phi) is 5.61. The molecule has 4 nitrogen and oxygen atoms in total. The summed E-state index contributed by atoms with van der Waals surface area (Å²) in [6.45, 7) is 5.30. The van der Waals surface area contributed by atoms with Crippen molar-refractivity contribution in [1.29, 1.82) is 0 Å². The molecule has 1 atom stereocenters. The van der Waals surface area contributed by atoms with Gasteiger partial charge in [0.25, 0.3) is 0 Å². The first kappa shape index (κ1) is 14.2. The highest BCUT2D eigenvalue weighted by Gasteiger charge is 2.19. The standard InChI is InChI=1S/C12H19NO3S/c1-9-4-5-11(17-9)10(2)13(6-7-16-3)8-12(14)15/h4-5,10H,6-8H2,1-3H3,(H,14,15). The summed E-state index contributed by atoms with van der Waals surface area (Å²) in [5.41, 5.74) is 0. The van der Waals surface area contributed by atoms with E-state index >= 15 is 0 Å². The summed E-state index contributed by atoms with van der Waals surface area (Å²) in [5, 5.41) is 8.91. The molecule has 0 amide bonds. The maximum absolute atomic E-state index is 10.8. The summed E-state index contributed by atoms with van der Waals surface area (Å²) in [7, 11) is 1.62. The van der Waals surface area contributed by atoms with E-state index < -0.39 is 5.97 Å². The van der Waals surface area contributed by atoms with Gasteiger partial charge in [-0.05, 0) is 26.0 Å². The van der Waals surface area contributed by atoms with E-state index in [0.29, 0.717) is 13.2 Å². The molecule has 0 aliphatic rings. The lowest BCUT2D eigenvalue weighted by molar-refractivity contribution is -0.139. The quantitative estimate of drug-likeness (QED) is 0.813. The smallest absolute Gasteiger partial charge is 0.317 e. The number of nitrogens with zero attached hydrogens (tertiary/aromatic N) is 1. The summed E-state index contributed by atoms with van der Waals surface area (Å²) in [6, 6.07) is 4.23. The molecule has 0 saturated heterocycles. The average Bonchev–Trinajstić information content (AvgIpc) is 2.69. The molecular formula is C12H19NO3S. The van der Waals surface area contributed by atoms with Crippen LogP contribution in [0, 0.1) is 6.92 Å². The molecule has 0 saturated carbocycles. The van der Waals surface area contributed by atoms with E-state index in [2.05, 4.69) is 19.1 Å². The average molecular weight is 257 g/mol. The van der Waals surface area contributed by atoms with Crippen LogP contribution in [0.15, 0.2) is 12.1 Å². The van der Waals surface area contributed by atoms with Crippen molar-refractivity contribution in [3.05, 3.63) is 21.9 Å². The number of ether oxygens (including phenoxy) is 1. The molecule has 0 spiro atoms. The second kappa shape index (κ2) is 6.74. The van der Waals surface area contributed by atoms with E-state index in [1.165, 1.54) is 9.75 Å². The van der Waals surface area contributed by atoms with Crippen LogP contribution in [0.1, 0.15) is 22.7 Å². The van der Waals surface area contributed by atoms with Gasteiger partial charge in [0.2, 0.25) is 0 Å². The van der Waals surface area contributed by atoms with Gasteiger partial charge in [-0.1, -0.05) is 0 Å². The second-order valence-corrected chi connectivity index (χ2v) is 5.30. The highest BCUT2D eigenvalue weighted by Crippen LogP contribution is 2.26. The lowest BCUT2D eigenvalue weighted by atomic mass is 10.2. The van der Waals surface area contributed by atoms with Crippen molar-refractivity contribution >= 4 is 17.3 Å². The lowest BCUT2D eigenvalue weighted by Crippen LogP contribution is -2.34. The van der Waals surface area contributed by atoms with Crippen molar-refractivity contribution in [2.24, 2.45) is 0 Å². The van der Waals surface area contributed by atoms with Gasteiger partial charge >= 0.3 is 5.97 Å². The fraction of sp³-hybridized carbons (Fsp3) is 0.583. The third-order valence-electron chi connectivity index (χ3n) is 2.64. The minimum Gasteiger partial charge on any atom is -0.480 e. The first-order valence-electron chi connectivity index (χ1n) is 5.55. The topological polar surface area (TPSA) is 49.8 Å². The van der Waals surface area contributed by atoms with Gasteiger partial charge in [0.05, 0.1) is 13.2 Å². The predicted octanol–water partition coefficient (Wildman–Crippen LogP) is 2.15. The number of thiophene rings is 1. The summed E-state index contributed by atoms with van der Waals surface area (Å²) >= 11 is 1.71. The Morgan fingerprint density at radius 1 is 1.59 bits per heavy atom. The van der Waals surface area contributed by atoms with Crippen LogP contribution in [-0.2, 0) is 9.53 Å². The molecule has 1 N–H and O–H groups in total. The van der Waals surface area contributed by atoms with Gasteiger partial charge < -0.3 is 9.84 Å². The van der Waals surface area contributed by atoms with E-state index in [1.807, 2.05) is 11.8 Å². The monoisotopic (exact) mass is 257 g/mol. The molecule has 1 unspecified atom stereocenters. The van der Waals surface area contributed by atoms with Crippen molar-refractivity contribution in [3.8, 4) is 0 Å². The van der Waals surface area contributed by atoms with Crippen molar-refractivity contribution in [1.82, 2.24) is 4.90 Å². The highest BCUT2D eigenvalue weighted by atomic mass is 32.1. The Morgan fingerprint density at radius 2 is 2.29 bits per heavy atom. The van der Waals surface area contributed by atoms with Gasteiger partial charge in [0, 0.05) is 29.5 Å². The van der Waals surface area contributed by atoms with Crippen molar-refractivity contribution in [2.75, 3.05) is 26.8 Å². The van der Waals surface area contributed by atoms with Gasteiger partial charge in [-0.25, -0.2) is 0 Å². The molecule has 0 fully saturated rings. The normalized spacial score (nSPS) is 12.9. The minimum absolute atomic E-state index is 0.0431. The highest BCUT2D eigenvalue weighted by molar-refractivity contribution is 7.12. The third-order valence-corrected chi connectivity index (χ3v) is 3.81. The Bertz CT molecular complexity index is 364. The third kappa shape index (κ3) is 4.46. The van der Waals surface area contributed by atoms with Gasteiger partial charge in [0.15, 0.2) is 0 Å².